The van der Waals surface area contributed by atoms with E-state index in [0.29, 0.717) is 0 Å². The van der Waals surface area contributed by atoms with Crippen molar-refractivity contribution in [2.45, 2.75) is 13.5 Å². The van der Waals surface area contributed by atoms with Gasteiger partial charge in [-0.2, -0.15) is 0 Å². The van der Waals surface area contributed by atoms with E-state index >= 15 is 0 Å². The number of aromatic nitrogens is 1. The van der Waals surface area contributed by atoms with E-state index in [0.717, 1.165) is 5.56 Å². The number of rotatable bonds is 3. The van der Waals surface area contributed by atoms with Crippen LogP contribution in [0, 0.1) is 5.82 Å². The van der Waals surface area contributed by atoms with Gasteiger partial charge < -0.3 is 4.57 Å². The van der Waals surface area contributed by atoms with Crippen molar-refractivity contribution in [2.24, 2.45) is 0 Å². The lowest BCUT2D eigenvalue weighted by Crippen LogP contribution is -2.43. The van der Waals surface area contributed by atoms with E-state index in [-0.39, 0.29) is 17.9 Å². The highest BCUT2D eigenvalue weighted by Gasteiger charge is 2.12. The highest BCUT2D eigenvalue weighted by atomic mass is 19.1. The van der Waals surface area contributed by atoms with Gasteiger partial charge in [0, 0.05) is 13.1 Å². The van der Waals surface area contributed by atoms with E-state index in [1.807, 2.05) is 0 Å². The Morgan fingerprint density at radius 1 is 1.14 bits per heavy atom. The quantitative estimate of drug-likeness (QED) is 0.824. The van der Waals surface area contributed by atoms with Gasteiger partial charge in [0.15, 0.2) is 0 Å². The van der Waals surface area contributed by atoms with E-state index < -0.39 is 17.4 Å². The lowest BCUT2D eigenvalue weighted by atomic mass is 10.2. The predicted molar refractivity (Wildman–Crippen MR) is 77.5 cm³/mol. The molecule has 0 bridgehead atoms. The minimum atomic E-state index is -0.700. The number of carbonyl (C=O) groups is 2. The number of pyridine rings is 1. The summed E-state index contributed by atoms with van der Waals surface area (Å²) in [5.74, 6) is -1.51. The Labute approximate surface area is 125 Å². The number of hydrogen-bond acceptors (Lipinski definition) is 3. The van der Waals surface area contributed by atoms with Crippen molar-refractivity contribution < 1.29 is 14.0 Å². The van der Waals surface area contributed by atoms with Gasteiger partial charge in [0.1, 0.15) is 11.4 Å². The van der Waals surface area contributed by atoms with Crippen molar-refractivity contribution in [3.05, 3.63) is 69.9 Å². The third kappa shape index (κ3) is 3.78. The first-order valence-electron chi connectivity index (χ1n) is 6.48. The number of halogens is 1. The summed E-state index contributed by atoms with van der Waals surface area (Å²) in [5, 5.41) is 0. The molecule has 0 spiro atoms. The van der Waals surface area contributed by atoms with Gasteiger partial charge in [0.05, 0.1) is 6.54 Å². The molecule has 0 fully saturated rings. The summed E-state index contributed by atoms with van der Waals surface area (Å²) in [6.07, 6.45) is 1.53. The Balaban J connectivity index is 2.22. The molecule has 0 aliphatic rings. The molecule has 2 amide bonds. The number of hydrazine groups is 1. The molecule has 0 aliphatic carbocycles. The minimum Gasteiger partial charge on any atom is -0.310 e. The van der Waals surface area contributed by atoms with Crippen LogP contribution in [0.4, 0.5) is 4.39 Å². The van der Waals surface area contributed by atoms with Crippen molar-refractivity contribution in [1.82, 2.24) is 15.4 Å². The van der Waals surface area contributed by atoms with Crippen LogP contribution >= 0.6 is 0 Å². The highest BCUT2D eigenvalue weighted by molar-refractivity contribution is 5.94. The van der Waals surface area contributed by atoms with Gasteiger partial charge in [-0.15, -0.1) is 0 Å². The molecule has 6 nitrogen and oxygen atoms in total. The molecule has 2 rings (SSSR count). The lowest BCUT2D eigenvalue weighted by Gasteiger charge is -2.09. The van der Waals surface area contributed by atoms with Crippen LogP contribution < -0.4 is 16.4 Å². The fraction of sp³-hybridized carbons (Fsp3) is 0.133. The molecule has 0 saturated carbocycles. The van der Waals surface area contributed by atoms with Gasteiger partial charge in [-0.25, -0.2) is 4.39 Å². The number of hydrogen-bond donors (Lipinski definition) is 2. The Morgan fingerprint density at radius 2 is 1.82 bits per heavy atom. The minimum absolute atomic E-state index is 0.0987. The average Bonchev–Trinajstić information content (AvgIpc) is 2.49. The Hall–Kier alpha value is -2.96. The summed E-state index contributed by atoms with van der Waals surface area (Å²) in [6.45, 7) is 1.44. The van der Waals surface area contributed by atoms with Crippen molar-refractivity contribution in [3.8, 4) is 0 Å². The van der Waals surface area contributed by atoms with Crippen molar-refractivity contribution in [2.75, 3.05) is 0 Å². The SMILES string of the molecule is CC(=O)NNC(=O)c1cccn(Cc2ccc(F)cc2)c1=O. The molecule has 0 atom stereocenters. The molecule has 0 radical (unpaired) electrons. The Kier molecular flexibility index (Phi) is 4.67. The summed E-state index contributed by atoms with van der Waals surface area (Å²) in [7, 11) is 0. The Morgan fingerprint density at radius 3 is 2.45 bits per heavy atom. The van der Waals surface area contributed by atoms with E-state index in [1.54, 1.807) is 18.2 Å². The monoisotopic (exact) mass is 303 g/mol. The highest BCUT2D eigenvalue weighted by Crippen LogP contribution is 2.04. The van der Waals surface area contributed by atoms with Crippen molar-refractivity contribution in [3.63, 3.8) is 0 Å². The van der Waals surface area contributed by atoms with Crippen LogP contribution in [0.5, 0.6) is 0 Å². The summed E-state index contributed by atoms with van der Waals surface area (Å²) in [5.41, 5.74) is 4.38. The molecule has 7 heteroatoms. The topological polar surface area (TPSA) is 80.2 Å². The van der Waals surface area contributed by atoms with Crippen molar-refractivity contribution >= 4 is 11.8 Å². The maximum absolute atomic E-state index is 12.9. The third-order valence-corrected chi connectivity index (χ3v) is 2.88. The number of amides is 2. The zero-order chi connectivity index (χ0) is 16.1. The molecular weight excluding hydrogens is 289 g/mol. The second-order valence-electron chi connectivity index (χ2n) is 4.62. The van der Waals surface area contributed by atoms with Gasteiger partial charge in [0.2, 0.25) is 5.91 Å². The third-order valence-electron chi connectivity index (χ3n) is 2.88. The molecule has 1 aromatic carbocycles. The summed E-state index contributed by atoms with van der Waals surface area (Å²) >= 11 is 0. The zero-order valence-corrected chi connectivity index (χ0v) is 11.8. The van der Waals surface area contributed by atoms with Gasteiger partial charge in [-0.05, 0) is 29.8 Å². The maximum Gasteiger partial charge on any atom is 0.275 e. The van der Waals surface area contributed by atoms with Crippen LogP contribution in [0.15, 0.2) is 47.4 Å². The van der Waals surface area contributed by atoms with Crippen LogP contribution in [0.2, 0.25) is 0 Å². The first-order chi connectivity index (χ1) is 10.5. The molecule has 114 valence electrons. The Bertz CT molecular complexity index is 753. The average molecular weight is 303 g/mol. The standard InChI is InChI=1S/C15H14FN3O3/c1-10(20)17-18-14(21)13-3-2-8-19(15(13)22)9-11-4-6-12(16)7-5-11/h2-8H,9H2,1H3,(H,17,20)(H,18,21). The molecule has 0 aliphatic heterocycles. The number of nitrogens with one attached hydrogen (secondary N) is 2. The molecular formula is C15H14FN3O3. The molecule has 1 aromatic heterocycles. The fourth-order valence-electron chi connectivity index (χ4n) is 1.83. The van der Waals surface area contributed by atoms with Crippen LogP contribution in [-0.2, 0) is 11.3 Å². The first kappa shape index (κ1) is 15.4. The second kappa shape index (κ2) is 6.66. The molecule has 2 N–H and O–H groups in total. The maximum atomic E-state index is 12.9. The molecule has 0 unspecified atom stereocenters. The van der Waals surface area contributed by atoms with E-state index in [9.17, 15) is 18.8 Å². The van der Waals surface area contributed by atoms with E-state index in [2.05, 4.69) is 10.9 Å². The summed E-state index contributed by atoms with van der Waals surface area (Å²) in [6, 6.07) is 8.63. The van der Waals surface area contributed by atoms with Crippen LogP contribution in [0.25, 0.3) is 0 Å². The second-order valence-corrected chi connectivity index (χ2v) is 4.62. The normalized spacial score (nSPS) is 10.1. The molecule has 1 heterocycles. The van der Waals surface area contributed by atoms with Gasteiger partial charge in [0.25, 0.3) is 11.5 Å². The first-order valence-corrected chi connectivity index (χ1v) is 6.48. The van der Waals surface area contributed by atoms with Gasteiger partial charge in [-0.3, -0.25) is 25.2 Å². The van der Waals surface area contributed by atoms with Crippen LogP contribution in [0.1, 0.15) is 22.8 Å². The predicted octanol–water partition coefficient (Wildman–Crippen LogP) is 0.817. The van der Waals surface area contributed by atoms with Gasteiger partial charge >= 0.3 is 0 Å². The van der Waals surface area contributed by atoms with E-state index in [4.69, 9.17) is 0 Å². The largest absolute Gasteiger partial charge is 0.310 e. The van der Waals surface area contributed by atoms with Crippen LogP contribution in [0.3, 0.4) is 0 Å². The lowest BCUT2D eigenvalue weighted by molar-refractivity contribution is -0.119. The number of carbonyl (C=O) groups excluding carboxylic acids is 2. The van der Waals surface area contributed by atoms with Crippen LogP contribution in [-0.4, -0.2) is 16.4 Å². The zero-order valence-electron chi connectivity index (χ0n) is 11.8. The molecule has 2 aromatic rings. The summed E-state index contributed by atoms with van der Waals surface area (Å²) in [4.78, 5) is 34.8. The summed E-state index contributed by atoms with van der Waals surface area (Å²) < 4.78 is 14.2. The number of benzene rings is 1. The smallest absolute Gasteiger partial charge is 0.275 e. The van der Waals surface area contributed by atoms with Gasteiger partial charge in [-0.1, -0.05) is 12.1 Å². The molecule has 0 saturated heterocycles. The van der Waals surface area contributed by atoms with Crippen molar-refractivity contribution in [1.29, 1.82) is 0 Å². The van der Waals surface area contributed by atoms with E-state index in [1.165, 1.54) is 35.9 Å². The molecule has 22 heavy (non-hydrogen) atoms. The fourth-order valence-corrected chi connectivity index (χ4v) is 1.83. The number of nitrogens with zero attached hydrogens (tertiary/aromatic N) is 1.